The summed E-state index contributed by atoms with van der Waals surface area (Å²) in [4.78, 5) is 6.53. The van der Waals surface area contributed by atoms with Crippen LogP contribution in [0.4, 0.5) is 13.2 Å². The number of hydrogen-bond donors (Lipinski definition) is 1. The minimum Gasteiger partial charge on any atom is -0.373 e. The van der Waals surface area contributed by atoms with Gasteiger partial charge in [-0.05, 0) is 87.2 Å². The van der Waals surface area contributed by atoms with E-state index in [0.29, 0.717) is 11.5 Å². The molecule has 0 radical (unpaired) electrons. The number of alkyl halides is 3. The Morgan fingerprint density at radius 3 is 2.34 bits per heavy atom. The summed E-state index contributed by atoms with van der Waals surface area (Å²) in [5, 5.41) is 0. The van der Waals surface area contributed by atoms with Crippen LogP contribution in [0.3, 0.4) is 0 Å². The van der Waals surface area contributed by atoms with Gasteiger partial charge in [-0.2, -0.15) is 13.2 Å². The molecule has 1 aromatic carbocycles. The van der Waals surface area contributed by atoms with Crippen LogP contribution in [0.25, 0.3) is 0 Å². The average Bonchev–Trinajstić information content (AvgIpc) is 2.88. The van der Waals surface area contributed by atoms with Gasteiger partial charge in [0.05, 0.1) is 18.3 Å². The Hall–Kier alpha value is -1.43. The first kappa shape index (κ1) is 32.8. The lowest BCUT2D eigenvalue weighted by atomic mass is 9.84. The number of hydrogen-bond acceptors (Lipinski definition) is 5. The fourth-order valence-corrected chi connectivity index (χ4v) is 6.35. The molecule has 2 fully saturated rings. The summed E-state index contributed by atoms with van der Waals surface area (Å²) in [5.74, 6) is 0.596. The van der Waals surface area contributed by atoms with Crippen LogP contribution in [0.1, 0.15) is 56.1 Å². The predicted octanol–water partition coefficient (Wildman–Crippen LogP) is 5.85. The first-order valence-corrected chi connectivity index (χ1v) is 14.1. The molecule has 12 heteroatoms. The summed E-state index contributed by atoms with van der Waals surface area (Å²) in [7, 11) is -3.53. The number of likely N-dealkylation sites (tertiary alicyclic amines) is 1. The smallest absolute Gasteiger partial charge is 0.373 e. The van der Waals surface area contributed by atoms with Crippen molar-refractivity contribution in [3.63, 3.8) is 0 Å². The molecule has 1 N–H and O–H groups in total. The van der Waals surface area contributed by atoms with Gasteiger partial charge in [0.1, 0.15) is 4.90 Å². The van der Waals surface area contributed by atoms with Crippen LogP contribution in [0.5, 0.6) is 0 Å². The zero-order valence-electron chi connectivity index (χ0n) is 21.1. The standard InChI is InChI=1S/C26H34F3N3O3S.2ClH/c27-26(28,29)22-4-1-3-21(17-22)19-35-24-11-15-32(16-12-24)14-10-20-6-8-23(9-7-20)31-36(33,34)25-5-2-13-30-18-25;;/h1-5,13,17-18,20,23-24,31H,6-12,14-16,19H2;2*1H. The highest BCUT2D eigenvalue weighted by Gasteiger charge is 2.30. The van der Waals surface area contributed by atoms with Gasteiger partial charge >= 0.3 is 6.18 Å². The van der Waals surface area contributed by atoms with Gasteiger partial charge in [-0.3, -0.25) is 4.98 Å². The normalized spacial score (nSPS) is 21.3. The zero-order valence-corrected chi connectivity index (χ0v) is 23.6. The fourth-order valence-electron chi connectivity index (χ4n) is 5.08. The van der Waals surface area contributed by atoms with Gasteiger partial charge in [-0.25, -0.2) is 13.1 Å². The minimum atomic E-state index is -4.34. The molecule has 1 aliphatic heterocycles. The van der Waals surface area contributed by atoms with Crippen LogP contribution in [0, 0.1) is 5.92 Å². The largest absolute Gasteiger partial charge is 0.416 e. The van der Waals surface area contributed by atoms with Gasteiger partial charge in [0.25, 0.3) is 0 Å². The maximum Gasteiger partial charge on any atom is 0.416 e. The number of pyridine rings is 1. The molecule has 0 bridgehead atoms. The number of sulfonamides is 1. The quantitative estimate of drug-likeness (QED) is 0.392. The van der Waals surface area contributed by atoms with Crippen molar-refractivity contribution in [3.8, 4) is 0 Å². The van der Waals surface area contributed by atoms with E-state index < -0.39 is 21.8 Å². The summed E-state index contributed by atoms with van der Waals surface area (Å²) in [6.45, 7) is 3.06. The SMILES string of the molecule is Cl.Cl.O=S(=O)(NC1CCC(CCN2CCC(OCc3cccc(C(F)(F)F)c3)CC2)CC1)c1cccnc1. The maximum atomic E-state index is 12.9. The molecule has 2 aliphatic rings. The summed E-state index contributed by atoms with van der Waals surface area (Å²) < 4.78 is 72.4. The van der Waals surface area contributed by atoms with E-state index in [1.54, 1.807) is 24.4 Å². The molecule has 6 nitrogen and oxygen atoms in total. The molecule has 2 aromatic rings. The third-order valence-corrected chi connectivity index (χ3v) is 8.75. The van der Waals surface area contributed by atoms with Crippen molar-refractivity contribution in [1.29, 1.82) is 0 Å². The van der Waals surface area contributed by atoms with E-state index in [1.807, 2.05) is 0 Å². The second kappa shape index (κ2) is 14.8. The number of rotatable bonds is 9. The molecule has 0 spiro atoms. The lowest BCUT2D eigenvalue weighted by Gasteiger charge is -2.34. The summed E-state index contributed by atoms with van der Waals surface area (Å²) in [5.41, 5.74) is -0.0936. The molecule has 214 valence electrons. The number of nitrogens with zero attached hydrogens (tertiary/aromatic N) is 2. The number of nitrogens with one attached hydrogen (secondary N) is 1. The minimum absolute atomic E-state index is 0. The highest BCUT2D eigenvalue weighted by atomic mass is 35.5. The Bertz CT molecular complexity index is 1080. The van der Waals surface area contributed by atoms with E-state index in [4.69, 9.17) is 4.74 Å². The molecular weight excluding hydrogens is 562 g/mol. The molecule has 2 heterocycles. The second-order valence-corrected chi connectivity index (χ2v) is 11.6. The molecule has 1 aromatic heterocycles. The molecule has 1 saturated heterocycles. The number of aromatic nitrogens is 1. The van der Waals surface area contributed by atoms with Gasteiger partial charge in [0.2, 0.25) is 10.0 Å². The van der Waals surface area contributed by atoms with Crippen LogP contribution in [-0.2, 0) is 27.5 Å². The van der Waals surface area contributed by atoms with E-state index in [2.05, 4.69) is 14.6 Å². The first-order chi connectivity index (χ1) is 17.2. The third kappa shape index (κ3) is 9.64. The van der Waals surface area contributed by atoms with Crippen molar-refractivity contribution in [1.82, 2.24) is 14.6 Å². The molecule has 4 rings (SSSR count). The van der Waals surface area contributed by atoms with Gasteiger partial charge in [0.15, 0.2) is 0 Å². The zero-order chi connectivity index (χ0) is 25.6. The van der Waals surface area contributed by atoms with Crippen molar-refractivity contribution >= 4 is 34.8 Å². The van der Waals surface area contributed by atoms with E-state index in [1.165, 1.54) is 12.3 Å². The third-order valence-electron chi connectivity index (χ3n) is 7.24. The van der Waals surface area contributed by atoms with Crippen LogP contribution in [-0.4, -0.2) is 50.1 Å². The highest BCUT2D eigenvalue weighted by Crippen LogP contribution is 2.30. The Morgan fingerprint density at radius 2 is 1.71 bits per heavy atom. The molecule has 38 heavy (non-hydrogen) atoms. The second-order valence-electron chi connectivity index (χ2n) is 9.87. The molecule has 1 saturated carbocycles. The summed E-state index contributed by atoms with van der Waals surface area (Å²) in [6, 6.07) is 8.48. The molecule has 0 atom stereocenters. The van der Waals surface area contributed by atoms with Crippen molar-refractivity contribution in [2.45, 2.75) is 74.8 Å². The Labute approximate surface area is 235 Å². The van der Waals surface area contributed by atoms with E-state index >= 15 is 0 Å². The topological polar surface area (TPSA) is 71.5 Å². The Kier molecular flexibility index (Phi) is 12.8. The first-order valence-electron chi connectivity index (χ1n) is 12.6. The van der Waals surface area contributed by atoms with E-state index in [9.17, 15) is 21.6 Å². The lowest BCUT2D eigenvalue weighted by molar-refractivity contribution is -0.137. The van der Waals surface area contributed by atoms with Crippen molar-refractivity contribution in [3.05, 3.63) is 59.9 Å². The van der Waals surface area contributed by atoms with Crippen molar-refractivity contribution in [2.24, 2.45) is 5.92 Å². The van der Waals surface area contributed by atoms with E-state index in [-0.39, 0.29) is 48.5 Å². The molecule has 1 aliphatic carbocycles. The number of ether oxygens (including phenoxy) is 1. The maximum absolute atomic E-state index is 12.9. The Balaban J connectivity index is 0.00000253. The van der Waals surface area contributed by atoms with Gasteiger partial charge in [0, 0.05) is 31.5 Å². The van der Waals surface area contributed by atoms with Crippen LogP contribution >= 0.6 is 24.8 Å². The lowest BCUT2D eigenvalue weighted by Crippen LogP contribution is -2.39. The Morgan fingerprint density at radius 1 is 1.00 bits per heavy atom. The van der Waals surface area contributed by atoms with E-state index in [0.717, 1.165) is 76.7 Å². The van der Waals surface area contributed by atoms with Gasteiger partial charge in [-0.15, -0.1) is 24.8 Å². The molecule has 0 unspecified atom stereocenters. The highest BCUT2D eigenvalue weighted by molar-refractivity contribution is 7.89. The molecular formula is C26H36Cl2F3N3O3S. The van der Waals surface area contributed by atoms with Crippen LogP contribution < -0.4 is 4.72 Å². The number of piperidine rings is 1. The number of benzene rings is 1. The fraction of sp³-hybridized carbons (Fsp3) is 0.577. The average molecular weight is 599 g/mol. The molecule has 0 amide bonds. The van der Waals surface area contributed by atoms with Gasteiger partial charge < -0.3 is 9.64 Å². The van der Waals surface area contributed by atoms with Crippen molar-refractivity contribution < 1.29 is 26.3 Å². The van der Waals surface area contributed by atoms with Crippen LogP contribution in [0.2, 0.25) is 0 Å². The predicted molar refractivity (Wildman–Crippen MR) is 145 cm³/mol. The van der Waals surface area contributed by atoms with Gasteiger partial charge in [-0.1, -0.05) is 12.1 Å². The van der Waals surface area contributed by atoms with Crippen LogP contribution in [0.15, 0.2) is 53.7 Å². The summed E-state index contributed by atoms with van der Waals surface area (Å²) in [6.07, 6.45) is 5.21. The monoisotopic (exact) mass is 597 g/mol. The summed E-state index contributed by atoms with van der Waals surface area (Å²) >= 11 is 0. The number of halogens is 5. The van der Waals surface area contributed by atoms with Crippen molar-refractivity contribution in [2.75, 3.05) is 19.6 Å².